The van der Waals surface area contributed by atoms with E-state index in [-0.39, 0.29) is 11.6 Å². The van der Waals surface area contributed by atoms with Crippen molar-refractivity contribution in [3.8, 4) is 5.75 Å². The molecule has 0 unspecified atom stereocenters. The maximum atomic E-state index is 12.9. The quantitative estimate of drug-likeness (QED) is 0.557. The number of carbonyl (C=O) groups is 1. The first-order valence-corrected chi connectivity index (χ1v) is 9.48. The maximum absolute atomic E-state index is 12.9. The van der Waals surface area contributed by atoms with Gasteiger partial charge in [0.15, 0.2) is 5.75 Å². The Morgan fingerprint density at radius 3 is 2.82 bits per heavy atom. The molecule has 1 spiro atoms. The van der Waals surface area contributed by atoms with Crippen LogP contribution >= 0.6 is 0 Å². The SMILES string of the molecule is COc1c(Nc2ncnc3[nH]ccc23)cc(C)c2c1NC1(CCCC1)NC2=O. The van der Waals surface area contributed by atoms with Gasteiger partial charge in [-0.25, -0.2) is 9.97 Å². The summed E-state index contributed by atoms with van der Waals surface area (Å²) in [5.41, 5.74) is 3.38. The maximum Gasteiger partial charge on any atom is 0.255 e. The van der Waals surface area contributed by atoms with Crippen LogP contribution in [0.2, 0.25) is 0 Å². The van der Waals surface area contributed by atoms with Crippen molar-refractivity contribution in [2.24, 2.45) is 0 Å². The molecule has 4 N–H and O–H groups in total. The van der Waals surface area contributed by atoms with Gasteiger partial charge in [0.25, 0.3) is 5.91 Å². The smallest absolute Gasteiger partial charge is 0.255 e. The van der Waals surface area contributed by atoms with Crippen LogP contribution in [0.25, 0.3) is 11.0 Å². The molecule has 1 aliphatic carbocycles. The number of rotatable bonds is 3. The summed E-state index contributed by atoms with van der Waals surface area (Å²) in [6, 6.07) is 3.85. The number of benzene rings is 1. The second-order valence-corrected chi connectivity index (χ2v) is 7.48. The van der Waals surface area contributed by atoms with Crippen LogP contribution < -0.4 is 20.7 Å². The van der Waals surface area contributed by atoms with E-state index in [0.717, 1.165) is 53.7 Å². The molecule has 0 saturated heterocycles. The number of ether oxygens (including phenoxy) is 1. The summed E-state index contributed by atoms with van der Waals surface area (Å²) in [6.07, 6.45) is 7.35. The summed E-state index contributed by atoms with van der Waals surface area (Å²) < 4.78 is 5.76. The van der Waals surface area contributed by atoms with Gasteiger partial charge < -0.3 is 25.7 Å². The van der Waals surface area contributed by atoms with Crippen molar-refractivity contribution in [3.63, 3.8) is 0 Å². The first-order valence-electron chi connectivity index (χ1n) is 9.48. The lowest BCUT2D eigenvalue weighted by molar-refractivity contribution is 0.0901. The van der Waals surface area contributed by atoms with Crippen molar-refractivity contribution in [1.82, 2.24) is 20.3 Å². The molecule has 2 aromatic heterocycles. The van der Waals surface area contributed by atoms with Crippen LogP contribution in [0.15, 0.2) is 24.7 Å². The van der Waals surface area contributed by atoms with E-state index in [0.29, 0.717) is 17.1 Å². The number of nitrogens with one attached hydrogen (secondary N) is 4. The predicted octanol–water partition coefficient (Wildman–Crippen LogP) is 3.44. The minimum atomic E-state index is -0.384. The molecule has 1 fully saturated rings. The van der Waals surface area contributed by atoms with E-state index in [1.807, 2.05) is 25.3 Å². The fourth-order valence-corrected chi connectivity index (χ4v) is 4.39. The standard InChI is InChI=1S/C20H22N6O2/c1-11-9-13(24-18-12-5-8-21-17(12)22-10-23-18)16(28-2)15-14(11)19(27)26-20(25-15)6-3-4-7-20/h5,8-10,25H,3-4,6-7H2,1-2H3,(H,26,27)(H2,21,22,23,24). The van der Waals surface area contributed by atoms with Crippen LogP contribution in [0.1, 0.15) is 41.6 Å². The van der Waals surface area contributed by atoms with E-state index < -0.39 is 0 Å². The van der Waals surface area contributed by atoms with Crippen LogP contribution in [-0.4, -0.2) is 33.6 Å². The van der Waals surface area contributed by atoms with Crippen molar-refractivity contribution < 1.29 is 9.53 Å². The van der Waals surface area contributed by atoms with Gasteiger partial charge in [-0.1, -0.05) is 0 Å². The van der Waals surface area contributed by atoms with E-state index in [1.165, 1.54) is 6.33 Å². The number of fused-ring (bicyclic) bond motifs is 2. The molecule has 0 bridgehead atoms. The van der Waals surface area contributed by atoms with Gasteiger partial charge in [-0.15, -0.1) is 0 Å². The highest BCUT2D eigenvalue weighted by Gasteiger charge is 2.42. The number of aromatic nitrogens is 3. The Labute approximate surface area is 162 Å². The second-order valence-electron chi connectivity index (χ2n) is 7.48. The Bertz CT molecular complexity index is 1080. The first-order chi connectivity index (χ1) is 13.6. The van der Waals surface area contributed by atoms with Gasteiger partial charge in [0.1, 0.15) is 23.5 Å². The summed E-state index contributed by atoms with van der Waals surface area (Å²) in [4.78, 5) is 24.6. The van der Waals surface area contributed by atoms with Gasteiger partial charge in [0.2, 0.25) is 0 Å². The third-order valence-electron chi connectivity index (χ3n) is 5.69. The first kappa shape index (κ1) is 16.9. The molecule has 5 rings (SSSR count). The highest BCUT2D eigenvalue weighted by Crippen LogP contribution is 2.45. The van der Waals surface area contributed by atoms with Crippen molar-refractivity contribution in [3.05, 3.63) is 35.8 Å². The topological polar surface area (TPSA) is 104 Å². The van der Waals surface area contributed by atoms with Crippen molar-refractivity contribution >= 4 is 34.1 Å². The second kappa shape index (κ2) is 6.12. The summed E-state index contributed by atoms with van der Waals surface area (Å²) in [7, 11) is 1.62. The Balaban J connectivity index is 1.63. The van der Waals surface area contributed by atoms with Crippen LogP contribution in [-0.2, 0) is 0 Å². The molecule has 8 heteroatoms. The molecular weight excluding hydrogens is 356 g/mol. The van der Waals surface area contributed by atoms with Gasteiger partial charge >= 0.3 is 0 Å². The normalized spacial score (nSPS) is 17.3. The Morgan fingerprint density at radius 1 is 1.21 bits per heavy atom. The molecular formula is C20H22N6O2. The van der Waals surface area contributed by atoms with Crippen molar-refractivity contribution in [1.29, 1.82) is 0 Å². The Kier molecular flexibility index (Phi) is 3.68. The van der Waals surface area contributed by atoms with E-state index >= 15 is 0 Å². The number of hydrogen-bond donors (Lipinski definition) is 4. The lowest BCUT2D eigenvalue weighted by Crippen LogP contribution is -2.56. The number of amides is 1. The predicted molar refractivity (Wildman–Crippen MR) is 107 cm³/mol. The minimum absolute atomic E-state index is 0.0481. The van der Waals surface area contributed by atoms with Gasteiger partial charge in [-0.2, -0.15) is 0 Å². The van der Waals surface area contributed by atoms with Crippen LogP contribution in [0.4, 0.5) is 17.2 Å². The molecule has 2 aliphatic rings. The fraction of sp³-hybridized carbons (Fsp3) is 0.350. The average Bonchev–Trinajstić information content (AvgIpc) is 3.31. The number of anilines is 3. The number of aryl methyl sites for hydroxylation is 1. The number of nitrogens with zero attached hydrogens (tertiary/aromatic N) is 2. The summed E-state index contributed by atoms with van der Waals surface area (Å²) in [6.45, 7) is 1.93. The highest BCUT2D eigenvalue weighted by molar-refractivity contribution is 6.06. The largest absolute Gasteiger partial charge is 0.492 e. The number of aromatic amines is 1. The van der Waals surface area contributed by atoms with E-state index in [4.69, 9.17) is 4.74 Å². The zero-order valence-electron chi connectivity index (χ0n) is 15.8. The monoisotopic (exact) mass is 378 g/mol. The van der Waals surface area contributed by atoms with Crippen molar-refractivity contribution in [2.45, 2.75) is 38.3 Å². The number of hydrogen-bond acceptors (Lipinski definition) is 6. The molecule has 1 saturated carbocycles. The number of H-pyrrole nitrogens is 1. The third-order valence-corrected chi connectivity index (χ3v) is 5.69. The van der Waals surface area contributed by atoms with Gasteiger partial charge in [-0.05, 0) is 50.3 Å². The molecule has 28 heavy (non-hydrogen) atoms. The van der Waals surface area contributed by atoms with E-state index in [9.17, 15) is 4.79 Å². The number of methoxy groups -OCH3 is 1. The molecule has 144 valence electrons. The summed E-state index contributed by atoms with van der Waals surface area (Å²) >= 11 is 0. The lowest BCUT2D eigenvalue weighted by Gasteiger charge is -2.39. The molecule has 3 heterocycles. The van der Waals surface area contributed by atoms with Crippen LogP contribution in [0, 0.1) is 6.92 Å². The molecule has 1 aliphatic heterocycles. The third kappa shape index (κ3) is 2.48. The molecule has 0 radical (unpaired) electrons. The minimum Gasteiger partial charge on any atom is -0.492 e. The zero-order valence-corrected chi connectivity index (χ0v) is 15.8. The zero-order chi connectivity index (χ0) is 19.3. The Hall–Kier alpha value is -3.29. The van der Waals surface area contributed by atoms with Crippen molar-refractivity contribution in [2.75, 3.05) is 17.7 Å². The Morgan fingerprint density at radius 2 is 2.04 bits per heavy atom. The fourth-order valence-electron chi connectivity index (χ4n) is 4.39. The van der Waals surface area contributed by atoms with E-state index in [2.05, 4.69) is 30.9 Å². The highest BCUT2D eigenvalue weighted by atomic mass is 16.5. The van der Waals surface area contributed by atoms with E-state index in [1.54, 1.807) is 7.11 Å². The molecule has 8 nitrogen and oxygen atoms in total. The summed E-state index contributed by atoms with van der Waals surface area (Å²) in [5, 5.41) is 11.0. The van der Waals surface area contributed by atoms with Gasteiger partial charge in [0.05, 0.1) is 29.4 Å². The summed E-state index contributed by atoms with van der Waals surface area (Å²) in [5.74, 6) is 1.25. The average molecular weight is 378 g/mol. The van der Waals surface area contributed by atoms with Crippen LogP contribution in [0.3, 0.4) is 0 Å². The molecule has 0 atom stereocenters. The molecule has 1 amide bonds. The van der Waals surface area contributed by atoms with Gasteiger partial charge in [0, 0.05) is 6.20 Å². The number of carbonyl (C=O) groups excluding carboxylic acids is 1. The molecule has 1 aromatic carbocycles. The van der Waals surface area contributed by atoms with Crippen LogP contribution in [0.5, 0.6) is 5.75 Å². The lowest BCUT2D eigenvalue weighted by atomic mass is 9.96. The molecule has 3 aromatic rings. The van der Waals surface area contributed by atoms with Gasteiger partial charge in [-0.3, -0.25) is 4.79 Å².